The highest BCUT2D eigenvalue weighted by molar-refractivity contribution is 7.16. The lowest BCUT2D eigenvalue weighted by Gasteiger charge is -2.22. The lowest BCUT2D eigenvalue weighted by molar-refractivity contribution is -0.122. The molecule has 0 spiro atoms. The van der Waals surface area contributed by atoms with E-state index >= 15 is 0 Å². The maximum Gasteiger partial charge on any atom is 0.231 e. The third-order valence-corrected chi connectivity index (χ3v) is 6.36. The fraction of sp³-hybridized carbons (Fsp3) is 0.261. The van der Waals surface area contributed by atoms with Gasteiger partial charge in [0.2, 0.25) is 11.8 Å². The molecular formula is C23H20FN3O4S. The summed E-state index contributed by atoms with van der Waals surface area (Å²) in [4.78, 5) is 32.5. The van der Waals surface area contributed by atoms with Gasteiger partial charge in [-0.1, -0.05) is 0 Å². The molecule has 0 saturated carbocycles. The van der Waals surface area contributed by atoms with Crippen LogP contribution in [0.2, 0.25) is 0 Å². The first kappa shape index (κ1) is 20.4. The Kier molecular flexibility index (Phi) is 5.26. The molecule has 9 heteroatoms. The summed E-state index contributed by atoms with van der Waals surface area (Å²) in [7, 11) is 0. The van der Waals surface area contributed by atoms with Crippen molar-refractivity contribution in [2.24, 2.45) is 5.92 Å². The summed E-state index contributed by atoms with van der Waals surface area (Å²) in [6.07, 6.45) is 0.120. The zero-order valence-corrected chi connectivity index (χ0v) is 18.1. The maximum atomic E-state index is 13.2. The molecular weight excluding hydrogens is 433 g/mol. The van der Waals surface area contributed by atoms with Gasteiger partial charge in [-0.2, -0.15) is 0 Å². The molecule has 5 rings (SSSR count). The van der Waals surface area contributed by atoms with Crippen molar-refractivity contribution in [2.75, 3.05) is 30.0 Å². The van der Waals surface area contributed by atoms with Crippen LogP contribution >= 0.6 is 11.3 Å². The van der Waals surface area contributed by atoms with Crippen LogP contribution in [0, 0.1) is 18.7 Å². The number of fused-ring (bicyclic) bond motifs is 1. The number of aromatic nitrogens is 1. The van der Waals surface area contributed by atoms with Crippen LogP contribution in [0.4, 0.5) is 15.2 Å². The maximum absolute atomic E-state index is 13.2. The Labute approximate surface area is 187 Å². The van der Waals surface area contributed by atoms with E-state index in [1.165, 1.54) is 23.5 Å². The number of hydrogen-bond donors (Lipinski definition) is 1. The number of ether oxygens (including phenoxy) is 2. The van der Waals surface area contributed by atoms with Crippen LogP contribution in [0.1, 0.15) is 11.3 Å². The second-order valence-electron chi connectivity index (χ2n) is 7.65. The van der Waals surface area contributed by atoms with E-state index in [4.69, 9.17) is 9.47 Å². The molecule has 3 heterocycles. The van der Waals surface area contributed by atoms with Gasteiger partial charge in [-0.25, -0.2) is 9.37 Å². The van der Waals surface area contributed by atoms with Crippen molar-refractivity contribution in [3.8, 4) is 22.8 Å². The lowest BCUT2D eigenvalue weighted by atomic mass is 10.1. The van der Waals surface area contributed by atoms with E-state index < -0.39 is 5.92 Å². The van der Waals surface area contributed by atoms with E-state index in [1.807, 2.05) is 6.92 Å². The summed E-state index contributed by atoms with van der Waals surface area (Å²) >= 11 is 1.35. The molecule has 2 aromatic carbocycles. The normalized spacial score (nSPS) is 17.5. The Morgan fingerprint density at radius 1 is 1.16 bits per heavy atom. The molecule has 164 valence electrons. The number of anilines is 2. The highest BCUT2D eigenvalue weighted by atomic mass is 32.1. The quantitative estimate of drug-likeness (QED) is 0.645. The summed E-state index contributed by atoms with van der Waals surface area (Å²) < 4.78 is 24.3. The standard InChI is InChI=1S/C23H20FN3O4S/c1-13-21(14-2-4-16(24)5-3-14)25-23(32-13)26-22(29)15-10-20(28)27(12-15)17-6-7-18-19(11-17)31-9-8-30-18/h2-7,11,15H,8-10,12H2,1H3,(H,25,26,29). The first-order chi connectivity index (χ1) is 15.5. The van der Waals surface area contributed by atoms with Crippen LogP contribution in [0.5, 0.6) is 11.5 Å². The van der Waals surface area contributed by atoms with Crippen molar-refractivity contribution in [2.45, 2.75) is 13.3 Å². The third-order valence-electron chi connectivity index (χ3n) is 5.48. The number of aryl methyl sites for hydroxylation is 1. The average molecular weight is 453 g/mol. The molecule has 7 nitrogen and oxygen atoms in total. The van der Waals surface area contributed by atoms with Crippen LogP contribution in [0.3, 0.4) is 0 Å². The van der Waals surface area contributed by atoms with Crippen molar-refractivity contribution < 1.29 is 23.5 Å². The summed E-state index contributed by atoms with van der Waals surface area (Å²) in [6.45, 7) is 3.13. The smallest absolute Gasteiger partial charge is 0.231 e. The monoisotopic (exact) mass is 453 g/mol. The Morgan fingerprint density at radius 3 is 2.69 bits per heavy atom. The number of nitrogens with zero attached hydrogens (tertiary/aromatic N) is 2. The number of rotatable bonds is 4. The van der Waals surface area contributed by atoms with Gasteiger partial charge in [0.05, 0.1) is 11.6 Å². The second-order valence-corrected chi connectivity index (χ2v) is 8.86. The molecule has 3 aromatic rings. The van der Waals surface area contributed by atoms with Gasteiger partial charge in [-0.05, 0) is 43.3 Å². The van der Waals surface area contributed by atoms with Gasteiger partial charge in [0, 0.05) is 35.2 Å². The van der Waals surface area contributed by atoms with Gasteiger partial charge in [-0.15, -0.1) is 11.3 Å². The first-order valence-electron chi connectivity index (χ1n) is 10.2. The minimum absolute atomic E-state index is 0.120. The molecule has 1 atom stereocenters. The van der Waals surface area contributed by atoms with E-state index in [1.54, 1.807) is 35.2 Å². The molecule has 32 heavy (non-hydrogen) atoms. The van der Waals surface area contributed by atoms with Gasteiger partial charge in [0.25, 0.3) is 0 Å². The zero-order valence-electron chi connectivity index (χ0n) is 17.3. The number of hydrogen-bond acceptors (Lipinski definition) is 6. The molecule has 0 aliphatic carbocycles. The molecule has 0 bridgehead atoms. The Bertz CT molecular complexity index is 1190. The van der Waals surface area contributed by atoms with Crippen molar-refractivity contribution in [3.05, 3.63) is 53.2 Å². The van der Waals surface area contributed by atoms with Crippen LogP contribution < -0.4 is 19.7 Å². The molecule has 1 saturated heterocycles. The highest BCUT2D eigenvalue weighted by Gasteiger charge is 2.36. The molecule has 2 aliphatic rings. The van der Waals surface area contributed by atoms with E-state index in [9.17, 15) is 14.0 Å². The summed E-state index contributed by atoms with van der Waals surface area (Å²) in [6, 6.07) is 11.4. The van der Waals surface area contributed by atoms with Gasteiger partial charge in [0.15, 0.2) is 16.6 Å². The topological polar surface area (TPSA) is 80.8 Å². The summed E-state index contributed by atoms with van der Waals surface area (Å²) in [5.74, 6) is 0.0674. The van der Waals surface area contributed by atoms with Crippen molar-refractivity contribution in [1.82, 2.24) is 4.98 Å². The highest BCUT2D eigenvalue weighted by Crippen LogP contribution is 2.36. The Morgan fingerprint density at radius 2 is 1.91 bits per heavy atom. The molecule has 1 N–H and O–H groups in total. The molecule has 1 aromatic heterocycles. The molecule has 2 amide bonds. The predicted octanol–water partition coefficient (Wildman–Crippen LogP) is 4.02. The molecule has 1 unspecified atom stereocenters. The number of carbonyl (C=O) groups excluding carboxylic acids is 2. The van der Waals surface area contributed by atoms with Crippen LogP contribution in [0.25, 0.3) is 11.3 Å². The SMILES string of the molecule is Cc1sc(NC(=O)C2CC(=O)N(c3ccc4c(c3)OCCO4)C2)nc1-c1ccc(F)cc1. The van der Waals surface area contributed by atoms with Crippen LogP contribution in [-0.2, 0) is 9.59 Å². The van der Waals surface area contributed by atoms with E-state index in [0.29, 0.717) is 41.2 Å². The third kappa shape index (κ3) is 3.91. The van der Waals surface area contributed by atoms with Crippen molar-refractivity contribution in [3.63, 3.8) is 0 Å². The van der Waals surface area contributed by atoms with Crippen molar-refractivity contribution in [1.29, 1.82) is 0 Å². The fourth-order valence-corrected chi connectivity index (χ4v) is 4.70. The van der Waals surface area contributed by atoms with Gasteiger partial charge >= 0.3 is 0 Å². The molecule has 2 aliphatic heterocycles. The van der Waals surface area contributed by atoms with Crippen LogP contribution in [0.15, 0.2) is 42.5 Å². The largest absolute Gasteiger partial charge is 0.486 e. The van der Waals surface area contributed by atoms with E-state index in [2.05, 4.69) is 10.3 Å². The number of thiazole rings is 1. The summed E-state index contributed by atoms with van der Waals surface area (Å²) in [5, 5.41) is 3.30. The minimum atomic E-state index is -0.492. The van der Waals surface area contributed by atoms with Crippen LogP contribution in [-0.4, -0.2) is 36.6 Å². The number of carbonyl (C=O) groups is 2. The van der Waals surface area contributed by atoms with Crippen molar-refractivity contribution >= 4 is 34.0 Å². The van der Waals surface area contributed by atoms with Gasteiger partial charge in [-0.3, -0.25) is 9.59 Å². The zero-order chi connectivity index (χ0) is 22.2. The number of nitrogens with one attached hydrogen (secondary N) is 1. The number of halogens is 1. The Balaban J connectivity index is 1.28. The second kappa shape index (κ2) is 8.23. The van der Waals surface area contributed by atoms with Gasteiger partial charge < -0.3 is 19.7 Å². The minimum Gasteiger partial charge on any atom is -0.486 e. The summed E-state index contributed by atoms with van der Waals surface area (Å²) in [5.41, 5.74) is 2.16. The van der Waals surface area contributed by atoms with Gasteiger partial charge in [0.1, 0.15) is 19.0 Å². The number of amides is 2. The Hall–Kier alpha value is -3.46. The molecule has 1 fully saturated rings. The first-order valence-corrected chi connectivity index (χ1v) is 11.0. The number of benzene rings is 2. The predicted molar refractivity (Wildman–Crippen MR) is 119 cm³/mol. The van der Waals surface area contributed by atoms with E-state index in [-0.39, 0.29) is 30.6 Å². The van der Waals surface area contributed by atoms with E-state index in [0.717, 1.165) is 10.4 Å². The molecule has 0 radical (unpaired) electrons. The fourth-order valence-electron chi connectivity index (χ4n) is 3.87. The lowest BCUT2D eigenvalue weighted by Crippen LogP contribution is -2.28. The average Bonchev–Trinajstić information content (AvgIpc) is 3.36.